The van der Waals surface area contributed by atoms with E-state index < -0.39 is 6.67 Å². The van der Waals surface area contributed by atoms with Gasteiger partial charge in [0.05, 0.1) is 11.9 Å². The van der Waals surface area contributed by atoms with E-state index in [9.17, 15) is 9.50 Å². The van der Waals surface area contributed by atoms with Crippen molar-refractivity contribution >= 4 is 5.82 Å². The van der Waals surface area contributed by atoms with Crippen LogP contribution in [-0.4, -0.2) is 55.8 Å². The summed E-state index contributed by atoms with van der Waals surface area (Å²) in [4.78, 5) is 2.07. The molecule has 1 aromatic carbocycles. The van der Waals surface area contributed by atoms with E-state index >= 15 is 0 Å². The summed E-state index contributed by atoms with van der Waals surface area (Å²) in [5, 5.41) is 29.9. The van der Waals surface area contributed by atoms with Crippen LogP contribution in [0.5, 0.6) is 5.75 Å². The molecular weight excluding hydrogens is 407 g/mol. The van der Waals surface area contributed by atoms with Crippen molar-refractivity contribution in [3.63, 3.8) is 0 Å². The number of halogens is 1. The van der Waals surface area contributed by atoms with Gasteiger partial charge in [-0.15, -0.1) is 10.2 Å². The number of fused-ring (bicyclic) bond motifs is 2. The molecule has 2 fully saturated rings. The molecule has 8 heteroatoms. The fraction of sp³-hybridized carbons (Fsp3) is 0.458. The molecule has 2 saturated heterocycles. The number of rotatable bonds is 6. The normalized spacial score (nSPS) is 26.9. The third-order valence-electron chi connectivity index (χ3n) is 7.02. The summed E-state index contributed by atoms with van der Waals surface area (Å²) in [5.74, 6) is 0.807. The molecule has 0 amide bonds. The van der Waals surface area contributed by atoms with Crippen molar-refractivity contribution in [1.82, 2.24) is 25.7 Å². The Labute approximate surface area is 187 Å². The van der Waals surface area contributed by atoms with Gasteiger partial charge in [0.2, 0.25) is 0 Å². The number of piperidine rings is 1. The number of hydrogen-bond donors (Lipinski definition) is 3. The average molecular weight is 437 g/mol. The van der Waals surface area contributed by atoms with Crippen LogP contribution in [0.3, 0.4) is 0 Å². The molecule has 3 aromatic rings. The molecule has 2 aromatic heterocycles. The Balaban J connectivity index is 1.39. The van der Waals surface area contributed by atoms with Crippen LogP contribution < -0.4 is 10.2 Å². The highest BCUT2D eigenvalue weighted by atomic mass is 19.1. The predicted octanol–water partition coefficient (Wildman–Crippen LogP) is 4.08. The first kappa shape index (κ1) is 20.9. The van der Waals surface area contributed by atoms with Crippen LogP contribution in [-0.2, 0) is 0 Å². The van der Waals surface area contributed by atoms with E-state index in [0.29, 0.717) is 23.6 Å². The summed E-state index contributed by atoms with van der Waals surface area (Å²) in [6.07, 6.45) is 7.68. The van der Waals surface area contributed by atoms with E-state index in [0.717, 1.165) is 36.8 Å². The number of nitrogens with one attached hydrogen (secondary N) is 2. The molecule has 2 aliphatic heterocycles. The first-order valence-corrected chi connectivity index (χ1v) is 11.2. The van der Waals surface area contributed by atoms with Crippen molar-refractivity contribution in [1.29, 1.82) is 0 Å². The van der Waals surface area contributed by atoms with Gasteiger partial charge in [-0.2, -0.15) is 5.10 Å². The van der Waals surface area contributed by atoms with Gasteiger partial charge >= 0.3 is 0 Å². The number of nitrogens with zero attached hydrogens (tertiary/aromatic N) is 4. The summed E-state index contributed by atoms with van der Waals surface area (Å²) in [5.41, 5.74) is 3.11. The molecule has 0 radical (unpaired) electrons. The average Bonchev–Trinajstić information content (AvgIpc) is 3.38. The van der Waals surface area contributed by atoms with Crippen molar-refractivity contribution < 1.29 is 9.50 Å². The van der Waals surface area contributed by atoms with Crippen LogP contribution in [0.2, 0.25) is 0 Å². The number of benzene rings is 1. The van der Waals surface area contributed by atoms with E-state index in [1.165, 1.54) is 0 Å². The molecule has 3 atom stereocenters. The standard InChI is InChI=1S/C24H29FN6O/c1-23-7-8-24(2,30-23)13-18(12-23)31(10-9-25)22-6-5-20(28-29-22)19-4-3-16(11-21(19)32)17-14-26-27-15-17/h3-6,11,14-15,18,30,32H,7-10,12-13H2,1-2H3,(H,26,27)/t18-,23-,24+. The molecule has 0 aliphatic carbocycles. The quantitative estimate of drug-likeness (QED) is 0.540. The first-order valence-electron chi connectivity index (χ1n) is 11.2. The lowest BCUT2D eigenvalue weighted by Crippen LogP contribution is -2.59. The molecule has 168 valence electrons. The van der Waals surface area contributed by atoms with Crippen molar-refractivity contribution in [2.24, 2.45) is 0 Å². The fourth-order valence-corrected chi connectivity index (χ4v) is 5.58. The zero-order valence-corrected chi connectivity index (χ0v) is 18.5. The topological polar surface area (TPSA) is 90.0 Å². The number of phenolic OH excluding ortho intramolecular Hbond substituents is 1. The SMILES string of the molecule is C[C@]12CC[C@](C)(C[C@@H](N(CCF)c3ccc(-c4ccc(-c5cn[nH]c5)cc4O)nn3)C1)N2. The van der Waals surface area contributed by atoms with E-state index in [1.807, 2.05) is 24.3 Å². The highest BCUT2D eigenvalue weighted by Gasteiger charge is 2.49. The fourth-order valence-electron chi connectivity index (χ4n) is 5.58. The zero-order valence-electron chi connectivity index (χ0n) is 18.5. The van der Waals surface area contributed by atoms with Gasteiger partial charge in [-0.25, -0.2) is 4.39 Å². The molecular formula is C24H29FN6O. The number of anilines is 1. The minimum absolute atomic E-state index is 0.0854. The number of aromatic hydroxyl groups is 1. The van der Waals surface area contributed by atoms with E-state index in [-0.39, 0.29) is 22.9 Å². The van der Waals surface area contributed by atoms with E-state index in [2.05, 4.69) is 44.5 Å². The Morgan fingerprint density at radius 3 is 2.47 bits per heavy atom. The molecule has 0 spiro atoms. The van der Waals surface area contributed by atoms with Crippen LogP contribution in [0.25, 0.3) is 22.4 Å². The molecule has 4 heterocycles. The Morgan fingerprint density at radius 2 is 1.88 bits per heavy atom. The van der Waals surface area contributed by atoms with Crippen molar-refractivity contribution in [2.45, 2.75) is 56.7 Å². The second-order valence-electron chi connectivity index (χ2n) is 9.69. The second kappa shape index (κ2) is 7.85. The molecule has 2 aliphatic rings. The Hall–Kier alpha value is -3.00. The van der Waals surface area contributed by atoms with Gasteiger partial charge in [-0.05, 0) is 69.4 Å². The van der Waals surface area contributed by atoms with Gasteiger partial charge in [-0.3, -0.25) is 5.10 Å². The van der Waals surface area contributed by atoms with Crippen LogP contribution in [0.1, 0.15) is 39.5 Å². The summed E-state index contributed by atoms with van der Waals surface area (Å²) in [6.45, 7) is 4.40. The van der Waals surface area contributed by atoms with Crippen molar-refractivity contribution in [2.75, 3.05) is 18.1 Å². The number of aromatic nitrogens is 4. The summed E-state index contributed by atoms with van der Waals surface area (Å²) in [7, 11) is 0. The molecule has 2 bridgehead atoms. The van der Waals surface area contributed by atoms with Gasteiger partial charge in [-0.1, -0.05) is 6.07 Å². The summed E-state index contributed by atoms with van der Waals surface area (Å²) in [6, 6.07) is 9.38. The minimum atomic E-state index is -0.433. The van der Waals surface area contributed by atoms with Gasteiger partial charge in [0.25, 0.3) is 0 Å². The predicted molar refractivity (Wildman–Crippen MR) is 122 cm³/mol. The molecule has 32 heavy (non-hydrogen) atoms. The smallest absolute Gasteiger partial charge is 0.151 e. The zero-order chi connectivity index (χ0) is 22.3. The maximum atomic E-state index is 13.5. The lowest BCUT2D eigenvalue weighted by Gasteiger charge is -2.46. The van der Waals surface area contributed by atoms with Crippen molar-refractivity contribution in [3.05, 3.63) is 42.7 Å². The molecule has 0 unspecified atom stereocenters. The highest BCUT2D eigenvalue weighted by molar-refractivity contribution is 5.73. The number of alkyl halides is 1. The second-order valence-corrected chi connectivity index (χ2v) is 9.69. The molecule has 5 rings (SSSR count). The number of aromatic amines is 1. The number of H-pyrrole nitrogens is 1. The Bertz CT molecular complexity index is 1070. The maximum absolute atomic E-state index is 13.5. The third kappa shape index (κ3) is 3.83. The van der Waals surface area contributed by atoms with Gasteiger partial charge in [0, 0.05) is 41.0 Å². The maximum Gasteiger partial charge on any atom is 0.151 e. The number of hydrogen-bond acceptors (Lipinski definition) is 6. The molecule has 0 saturated carbocycles. The number of phenols is 1. The lowest BCUT2D eigenvalue weighted by atomic mass is 9.84. The van der Waals surface area contributed by atoms with Crippen LogP contribution in [0.15, 0.2) is 42.7 Å². The third-order valence-corrected chi connectivity index (χ3v) is 7.02. The first-order chi connectivity index (χ1) is 15.4. The largest absolute Gasteiger partial charge is 0.507 e. The Morgan fingerprint density at radius 1 is 1.09 bits per heavy atom. The summed E-state index contributed by atoms with van der Waals surface area (Å²) < 4.78 is 13.5. The minimum Gasteiger partial charge on any atom is -0.507 e. The van der Waals surface area contributed by atoms with Gasteiger partial charge in [0.15, 0.2) is 5.82 Å². The van der Waals surface area contributed by atoms with E-state index in [4.69, 9.17) is 0 Å². The van der Waals surface area contributed by atoms with Crippen LogP contribution >= 0.6 is 0 Å². The monoisotopic (exact) mass is 436 g/mol. The molecule has 7 nitrogen and oxygen atoms in total. The van der Waals surface area contributed by atoms with Crippen LogP contribution in [0.4, 0.5) is 10.2 Å². The summed E-state index contributed by atoms with van der Waals surface area (Å²) >= 11 is 0. The Kier molecular flexibility index (Phi) is 5.12. The van der Waals surface area contributed by atoms with Crippen molar-refractivity contribution in [3.8, 4) is 28.1 Å². The lowest BCUT2D eigenvalue weighted by molar-refractivity contribution is 0.203. The highest BCUT2D eigenvalue weighted by Crippen LogP contribution is 2.44. The van der Waals surface area contributed by atoms with Gasteiger partial charge < -0.3 is 15.3 Å². The molecule has 3 N–H and O–H groups in total. The van der Waals surface area contributed by atoms with Gasteiger partial charge in [0.1, 0.15) is 12.4 Å². The van der Waals surface area contributed by atoms with Crippen LogP contribution in [0, 0.1) is 0 Å². The van der Waals surface area contributed by atoms with E-state index in [1.54, 1.807) is 18.5 Å².